The molecule has 1 aromatic carbocycles. The van der Waals surface area contributed by atoms with Crippen LogP contribution < -0.4 is 5.32 Å². The predicted molar refractivity (Wildman–Crippen MR) is 169 cm³/mol. The third-order valence-corrected chi connectivity index (χ3v) is 11.6. The Kier molecular flexibility index (Phi) is 10.4. The van der Waals surface area contributed by atoms with Crippen LogP contribution in [0.3, 0.4) is 0 Å². The summed E-state index contributed by atoms with van der Waals surface area (Å²) in [6, 6.07) is 5.81. The Morgan fingerprint density at radius 1 is 1.09 bits per heavy atom. The Balaban J connectivity index is 1.65. The Morgan fingerprint density at radius 2 is 1.70 bits per heavy atom. The van der Waals surface area contributed by atoms with Gasteiger partial charge in [-0.05, 0) is 62.8 Å². The Labute approximate surface area is 262 Å². The summed E-state index contributed by atoms with van der Waals surface area (Å²) in [5, 5.41) is 22.7. The van der Waals surface area contributed by atoms with Crippen molar-refractivity contribution in [3.8, 4) is 0 Å². The number of likely N-dealkylation sites (tertiary alicyclic amines) is 1. The number of unbranched alkanes of at least 4 members (excludes halogenated alkanes) is 1. The van der Waals surface area contributed by atoms with Crippen molar-refractivity contribution in [2.24, 2.45) is 16.1 Å². The van der Waals surface area contributed by atoms with Gasteiger partial charge in [0.05, 0.1) is 22.7 Å². The number of rotatable bonds is 12. The molecule has 244 valence electrons. The van der Waals surface area contributed by atoms with Crippen LogP contribution in [0.2, 0.25) is 0 Å². The van der Waals surface area contributed by atoms with E-state index in [1.165, 1.54) is 4.31 Å². The zero-order valence-electron chi connectivity index (χ0n) is 27.3. The summed E-state index contributed by atoms with van der Waals surface area (Å²) in [5.41, 5.74) is 0.0160. The summed E-state index contributed by atoms with van der Waals surface area (Å²) in [6.07, 6.45) is 3.57. The van der Waals surface area contributed by atoms with Crippen molar-refractivity contribution in [2.75, 3.05) is 32.7 Å². The highest BCUT2D eigenvalue weighted by Gasteiger charge is 2.56. The summed E-state index contributed by atoms with van der Waals surface area (Å²) < 4.78 is 27.8. The van der Waals surface area contributed by atoms with Gasteiger partial charge in [-0.3, -0.25) is 14.5 Å². The molecule has 0 radical (unpaired) electrons. The predicted octanol–water partition coefficient (Wildman–Crippen LogP) is 3.87. The van der Waals surface area contributed by atoms with Crippen molar-refractivity contribution in [2.45, 2.75) is 108 Å². The van der Waals surface area contributed by atoms with Gasteiger partial charge in [0.1, 0.15) is 17.1 Å². The van der Waals surface area contributed by atoms with Crippen LogP contribution in [-0.2, 0) is 19.6 Å². The van der Waals surface area contributed by atoms with Crippen LogP contribution in [0.1, 0.15) is 85.8 Å². The molecule has 0 saturated carbocycles. The molecule has 1 aromatic rings. The van der Waals surface area contributed by atoms with Crippen LogP contribution >= 0.6 is 0 Å². The summed E-state index contributed by atoms with van der Waals surface area (Å²) >= 11 is 0. The van der Waals surface area contributed by atoms with Crippen molar-refractivity contribution >= 4 is 21.8 Å². The van der Waals surface area contributed by atoms with E-state index in [0.717, 1.165) is 24.1 Å². The van der Waals surface area contributed by atoms with Crippen LogP contribution in [0.4, 0.5) is 0 Å². The Bertz CT molecular complexity index is 1370. The number of carbonyl (C=O) groups excluding carboxylic acids is 2. The molecular formula is C32H50N6O5S. The highest BCUT2D eigenvalue weighted by atomic mass is 32.2. The van der Waals surface area contributed by atoms with E-state index in [2.05, 4.69) is 27.4 Å². The van der Waals surface area contributed by atoms with Crippen molar-refractivity contribution in [1.82, 2.24) is 19.4 Å². The van der Waals surface area contributed by atoms with E-state index in [9.17, 15) is 23.1 Å². The third-order valence-electron chi connectivity index (χ3n) is 9.53. The number of piperazine rings is 1. The number of azo groups is 1. The van der Waals surface area contributed by atoms with Gasteiger partial charge in [-0.25, -0.2) is 8.42 Å². The smallest absolute Gasteiger partial charge is 0.248 e. The van der Waals surface area contributed by atoms with E-state index in [1.54, 1.807) is 17.0 Å². The van der Waals surface area contributed by atoms with Crippen molar-refractivity contribution in [3.05, 3.63) is 41.6 Å². The minimum Gasteiger partial charge on any atom is -0.390 e. The quantitative estimate of drug-likeness (QED) is 0.360. The van der Waals surface area contributed by atoms with Crippen molar-refractivity contribution in [1.29, 1.82) is 0 Å². The number of aliphatic hydroxyl groups is 1. The molecule has 11 nitrogen and oxygen atoms in total. The number of sulfonamides is 1. The van der Waals surface area contributed by atoms with E-state index >= 15 is 0 Å². The SMILES string of the molecule is CCCCN1C(=O)[C@@H]([C@H](O)C(C)C)NC(=O)C12CCN(C(c1ccc(S(=O)(=O)N(CC)CC)cc1)C1(C)C=C(C)N=N1)CC2. The lowest BCUT2D eigenvalue weighted by Crippen LogP contribution is -2.75. The number of hydrogen-bond acceptors (Lipinski definition) is 8. The second kappa shape index (κ2) is 13.4. The first-order valence-electron chi connectivity index (χ1n) is 16.0. The van der Waals surface area contributed by atoms with Gasteiger partial charge in [0.15, 0.2) is 0 Å². The molecule has 0 aliphatic carbocycles. The highest BCUT2D eigenvalue weighted by molar-refractivity contribution is 7.89. The normalized spacial score (nSPS) is 25.5. The highest BCUT2D eigenvalue weighted by Crippen LogP contribution is 2.44. The second-order valence-electron chi connectivity index (χ2n) is 12.9. The monoisotopic (exact) mass is 630 g/mol. The van der Waals surface area contributed by atoms with Gasteiger partial charge in [-0.15, -0.1) is 0 Å². The first-order valence-corrected chi connectivity index (χ1v) is 17.5. The maximum Gasteiger partial charge on any atom is 0.248 e. The van der Waals surface area contributed by atoms with Gasteiger partial charge in [0, 0.05) is 32.7 Å². The number of hydrogen-bond donors (Lipinski definition) is 2. The average molecular weight is 631 g/mol. The number of nitrogens with zero attached hydrogens (tertiary/aromatic N) is 5. The first-order chi connectivity index (χ1) is 20.8. The summed E-state index contributed by atoms with van der Waals surface area (Å²) in [6.45, 7) is 15.6. The topological polar surface area (TPSA) is 135 Å². The lowest BCUT2D eigenvalue weighted by Gasteiger charge is -2.54. The molecule has 12 heteroatoms. The lowest BCUT2D eigenvalue weighted by molar-refractivity contribution is -0.166. The minimum atomic E-state index is -3.61. The maximum atomic E-state index is 13.8. The number of aliphatic hydroxyl groups excluding tert-OH is 1. The van der Waals surface area contributed by atoms with Crippen LogP contribution in [0.15, 0.2) is 51.2 Å². The van der Waals surface area contributed by atoms with Crippen LogP contribution in [0.5, 0.6) is 0 Å². The average Bonchev–Trinajstić information content (AvgIpc) is 3.34. The fourth-order valence-corrected chi connectivity index (χ4v) is 8.46. The van der Waals surface area contributed by atoms with E-state index in [0.29, 0.717) is 45.6 Å². The maximum absolute atomic E-state index is 13.8. The lowest BCUT2D eigenvalue weighted by atomic mass is 9.78. The molecule has 2 fully saturated rings. The van der Waals surface area contributed by atoms with Crippen LogP contribution in [0.25, 0.3) is 0 Å². The largest absolute Gasteiger partial charge is 0.390 e. The number of benzene rings is 1. The molecule has 0 bridgehead atoms. The Morgan fingerprint density at radius 3 is 2.20 bits per heavy atom. The van der Waals surface area contributed by atoms with Gasteiger partial charge < -0.3 is 15.3 Å². The van der Waals surface area contributed by atoms with Gasteiger partial charge in [-0.2, -0.15) is 14.5 Å². The molecule has 2 saturated heterocycles. The summed E-state index contributed by atoms with van der Waals surface area (Å²) in [7, 11) is -3.61. The second-order valence-corrected chi connectivity index (χ2v) is 14.8. The van der Waals surface area contributed by atoms with Gasteiger partial charge in [0.25, 0.3) is 0 Å². The molecule has 4 rings (SSSR count). The van der Waals surface area contributed by atoms with Gasteiger partial charge in [0.2, 0.25) is 21.8 Å². The standard InChI is InChI=1S/C32H50N6O5S/c1-8-11-18-38-29(40)26(27(39)22(4)5)33-30(41)32(38)16-19-36(20-17-32)28(31(7)21-23(6)34-35-31)24-12-14-25(15-13-24)44(42,43)37(9-2)10-3/h12-15,21-22,26-28,39H,8-11,16-20H2,1-7H3,(H,33,41)/t26-,27-,28?,31?/m1/s1. The van der Waals surface area contributed by atoms with Crippen molar-refractivity contribution < 1.29 is 23.1 Å². The number of allylic oxidation sites excluding steroid dienone is 1. The van der Waals surface area contributed by atoms with Crippen molar-refractivity contribution in [3.63, 3.8) is 0 Å². The number of nitrogens with one attached hydrogen (secondary N) is 1. The molecule has 1 spiro atoms. The first kappa shape index (κ1) is 34.2. The van der Waals surface area contributed by atoms with Gasteiger partial charge >= 0.3 is 0 Å². The fraction of sp³-hybridized carbons (Fsp3) is 0.688. The zero-order chi connectivity index (χ0) is 32.4. The molecule has 2 amide bonds. The van der Waals surface area contributed by atoms with E-state index in [-0.39, 0.29) is 28.7 Å². The molecule has 2 N–H and O–H groups in total. The zero-order valence-corrected chi connectivity index (χ0v) is 28.1. The van der Waals surface area contributed by atoms with Crippen LogP contribution in [-0.4, -0.2) is 95.4 Å². The Hall–Kier alpha value is -2.67. The fourth-order valence-electron chi connectivity index (χ4n) is 7.00. The van der Waals surface area contributed by atoms with E-state index in [4.69, 9.17) is 0 Å². The van der Waals surface area contributed by atoms with E-state index < -0.39 is 33.2 Å². The molecule has 3 aliphatic heterocycles. The molecule has 3 aliphatic rings. The molecule has 4 atom stereocenters. The number of carbonyl (C=O) groups is 2. The van der Waals surface area contributed by atoms with E-state index in [1.807, 2.05) is 59.8 Å². The molecule has 44 heavy (non-hydrogen) atoms. The molecule has 0 aromatic heterocycles. The molecular weight excluding hydrogens is 580 g/mol. The molecule has 2 unspecified atom stereocenters. The molecule has 3 heterocycles. The third kappa shape index (κ3) is 6.23. The number of piperidine rings is 1. The summed E-state index contributed by atoms with van der Waals surface area (Å²) in [5.74, 6) is -0.605. The number of amides is 2. The van der Waals surface area contributed by atoms with Crippen LogP contribution in [0, 0.1) is 5.92 Å². The van der Waals surface area contributed by atoms with Gasteiger partial charge in [-0.1, -0.05) is 53.2 Å². The summed E-state index contributed by atoms with van der Waals surface area (Å²) in [4.78, 5) is 31.9. The minimum absolute atomic E-state index is 0.180.